The highest BCUT2D eigenvalue weighted by Crippen LogP contribution is 2.20. The Bertz CT molecular complexity index is 857. The molecule has 1 aliphatic heterocycles. The van der Waals surface area contributed by atoms with Gasteiger partial charge in [0.2, 0.25) is 11.1 Å². The first-order valence-electron chi connectivity index (χ1n) is 8.32. The van der Waals surface area contributed by atoms with Crippen molar-refractivity contribution in [1.29, 1.82) is 0 Å². The van der Waals surface area contributed by atoms with E-state index in [1.807, 2.05) is 30.3 Å². The summed E-state index contributed by atoms with van der Waals surface area (Å²) in [5, 5.41) is 15.2. The summed E-state index contributed by atoms with van der Waals surface area (Å²) in [5.74, 6) is -1.03. The summed E-state index contributed by atoms with van der Waals surface area (Å²) in [6.45, 7) is 3.87. The molecule has 4 amide bonds. The summed E-state index contributed by atoms with van der Waals surface area (Å²) in [6.07, 6.45) is 0.424. The monoisotopic (exact) mass is 389 g/mol. The van der Waals surface area contributed by atoms with Crippen LogP contribution in [0.25, 0.3) is 0 Å². The summed E-state index contributed by atoms with van der Waals surface area (Å²) in [5.41, 5.74) is 2.35. The van der Waals surface area contributed by atoms with E-state index in [4.69, 9.17) is 0 Å². The maximum atomic E-state index is 12.3. The molecule has 0 radical (unpaired) electrons. The Balaban J connectivity index is 1.57. The fourth-order valence-electron chi connectivity index (χ4n) is 2.47. The van der Waals surface area contributed by atoms with Gasteiger partial charge in [0.25, 0.3) is 5.91 Å². The third-order valence-corrected chi connectivity index (χ3v) is 5.17. The Morgan fingerprint density at radius 2 is 2.04 bits per heavy atom. The van der Waals surface area contributed by atoms with Crippen LogP contribution < -0.4 is 10.7 Å². The topological polar surface area (TPSA) is 122 Å². The minimum absolute atomic E-state index is 0.0466. The normalized spacial score (nSPS) is 19.3. The van der Waals surface area contributed by atoms with Gasteiger partial charge in [0, 0.05) is 0 Å². The molecule has 0 aliphatic carbocycles. The number of carbonyl (C=O) groups is 3. The molecule has 1 aromatic carbocycles. The molecular weight excluding hydrogens is 370 g/mol. The van der Waals surface area contributed by atoms with Crippen molar-refractivity contribution in [3.05, 3.63) is 35.9 Å². The molecule has 1 aromatic heterocycles. The minimum Gasteiger partial charge on any atom is -0.322 e. The number of nitrogens with one attached hydrogen (secondary N) is 2. The van der Waals surface area contributed by atoms with E-state index >= 15 is 0 Å². The van der Waals surface area contributed by atoms with Gasteiger partial charge in [0.15, 0.2) is 0 Å². The number of urea groups is 1. The standard InChI is InChI=1S/C16H19N7O3S/c1-3-16(2)13(25)23(14(26)17-16)19-12(24)10-27-15-18-20-21-22(15)9-11-7-5-4-6-8-11/h4-8H,3,9-10H2,1-2H3,(H,17,26)(H,19,24). The second-order valence-corrected chi connectivity index (χ2v) is 7.13. The largest absolute Gasteiger partial charge is 0.344 e. The van der Waals surface area contributed by atoms with Crippen LogP contribution >= 0.6 is 11.8 Å². The molecule has 142 valence electrons. The van der Waals surface area contributed by atoms with Crippen LogP contribution in [0, 0.1) is 0 Å². The van der Waals surface area contributed by atoms with Crippen molar-refractivity contribution in [2.24, 2.45) is 0 Å². The SMILES string of the molecule is CCC1(C)NC(=O)N(NC(=O)CSc2nnnn2Cc2ccccc2)C1=O. The molecule has 1 saturated heterocycles. The predicted molar refractivity (Wildman–Crippen MR) is 96.3 cm³/mol. The lowest BCUT2D eigenvalue weighted by molar-refractivity contribution is -0.137. The maximum absolute atomic E-state index is 12.3. The van der Waals surface area contributed by atoms with Crippen LogP contribution in [-0.2, 0) is 16.1 Å². The van der Waals surface area contributed by atoms with Crippen molar-refractivity contribution in [3.63, 3.8) is 0 Å². The molecular formula is C16H19N7O3S. The number of imide groups is 1. The van der Waals surface area contributed by atoms with Crippen molar-refractivity contribution in [3.8, 4) is 0 Å². The highest BCUT2D eigenvalue weighted by molar-refractivity contribution is 7.99. The molecule has 2 heterocycles. The summed E-state index contributed by atoms with van der Waals surface area (Å²) in [4.78, 5) is 36.4. The van der Waals surface area contributed by atoms with Gasteiger partial charge >= 0.3 is 6.03 Å². The number of aromatic nitrogens is 4. The van der Waals surface area contributed by atoms with Crippen LogP contribution in [0.1, 0.15) is 25.8 Å². The fraction of sp³-hybridized carbons (Fsp3) is 0.375. The molecule has 0 spiro atoms. The van der Waals surface area contributed by atoms with Crippen LogP contribution in [0.4, 0.5) is 4.79 Å². The van der Waals surface area contributed by atoms with E-state index in [1.165, 1.54) is 0 Å². The lowest BCUT2D eigenvalue weighted by atomic mass is 10.00. The number of hydrazine groups is 1. The van der Waals surface area contributed by atoms with E-state index in [2.05, 4.69) is 26.3 Å². The van der Waals surface area contributed by atoms with Crippen LogP contribution in [-0.4, -0.2) is 54.4 Å². The number of thioether (sulfide) groups is 1. The first-order valence-corrected chi connectivity index (χ1v) is 9.30. The molecule has 11 heteroatoms. The number of benzene rings is 1. The molecule has 1 fully saturated rings. The maximum Gasteiger partial charge on any atom is 0.344 e. The molecule has 1 aliphatic rings. The van der Waals surface area contributed by atoms with Gasteiger partial charge in [-0.25, -0.2) is 9.48 Å². The third kappa shape index (κ3) is 4.08. The van der Waals surface area contributed by atoms with Gasteiger partial charge in [-0.05, 0) is 29.3 Å². The van der Waals surface area contributed by atoms with Crippen molar-refractivity contribution in [1.82, 2.24) is 36.0 Å². The number of tetrazole rings is 1. The van der Waals surface area contributed by atoms with Crippen LogP contribution in [0.2, 0.25) is 0 Å². The molecule has 27 heavy (non-hydrogen) atoms. The molecule has 2 N–H and O–H groups in total. The number of rotatable bonds is 7. The predicted octanol–water partition coefficient (Wildman–Crippen LogP) is 0.565. The quantitative estimate of drug-likeness (QED) is 0.524. The zero-order chi connectivity index (χ0) is 19.4. The number of carbonyl (C=O) groups excluding carboxylic acids is 3. The lowest BCUT2D eigenvalue weighted by Gasteiger charge is -2.19. The van der Waals surface area contributed by atoms with Gasteiger partial charge < -0.3 is 5.32 Å². The first-order chi connectivity index (χ1) is 12.9. The average Bonchev–Trinajstić information content (AvgIpc) is 3.19. The third-order valence-electron chi connectivity index (χ3n) is 4.21. The van der Waals surface area contributed by atoms with E-state index in [1.54, 1.807) is 18.5 Å². The Hall–Kier alpha value is -2.95. The lowest BCUT2D eigenvalue weighted by Crippen LogP contribution is -2.49. The van der Waals surface area contributed by atoms with E-state index in [-0.39, 0.29) is 5.75 Å². The van der Waals surface area contributed by atoms with Crippen LogP contribution in [0.3, 0.4) is 0 Å². The average molecular weight is 389 g/mol. The van der Waals surface area contributed by atoms with Crippen LogP contribution in [0.5, 0.6) is 0 Å². The van der Waals surface area contributed by atoms with Crippen LogP contribution in [0.15, 0.2) is 35.5 Å². The molecule has 0 bridgehead atoms. The molecule has 3 rings (SSSR count). The molecule has 2 aromatic rings. The molecule has 10 nitrogen and oxygen atoms in total. The van der Waals surface area contributed by atoms with Gasteiger partial charge in [-0.3, -0.25) is 15.0 Å². The fourth-order valence-corrected chi connectivity index (χ4v) is 3.14. The van der Waals surface area contributed by atoms with E-state index in [0.717, 1.165) is 22.3 Å². The number of hydrogen-bond acceptors (Lipinski definition) is 7. The Morgan fingerprint density at radius 3 is 2.70 bits per heavy atom. The summed E-state index contributed by atoms with van der Waals surface area (Å²) in [7, 11) is 0. The molecule has 1 atom stereocenters. The van der Waals surface area contributed by atoms with Gasteiger partial charge in [-0.2, -0.15) is 5.01 Å². The van der Waals surface area contributed by atoms with Crippen molar-refractivity contribution in [2.75, 3.05) is 5.75 Å². The van der Waals surface area contributed by atoms with Crippen molar-refractivity contribution in [2.45, 2.75) is 37.5 Å². The summed E-state index contributed by atoms with van der Waals surface area (Å²) >= 11 is 1.12. The number of hydrogen-bond donors (Lipinski definition) is 2. The molecule has 1 unspecified atom stereocenters. The van der Waals surface area contributed by atoms with E-state index < -0.39 is 23.4 Å². The van der Waals surface area contributed by atoms with E-state index in [9.17, 15) is 14.4 Å². The van der Waals surface area contributed by atoms with Gasteiger partial charge in [-0.1, -0.05) is 49.0 Å². The number of amides is 4. The van der Waals surface area contributed by atoms with Gasteiger partial charge in [0.1, 0.15) is 5.54 Å². The van der Waals surface area contributed by atoms with E-state index in [0.29, 0.717) is 18.1 Å². The summed E-state index contributed by atoms with van der Waals surface area (Å²) in [6, 6.07) is 9.01. The highest BCUT2D eigenvalue weighted by atomic mass is 32.2. The van der Waals surface area contributed by atoms with Gasteiger partial charge in [-0.15, -0.1) is 5.10 Å². The first kappa shape index (κ1) is 18.8. The minimum atomic E-state index is -1.00. The zero-order valence-electron chi connectivity index (χ0n) is 14.9. The van der Waals surface area contributed by atoms with Crippen molar-refractivity contribution >= 4 is 29.6 Å². The van der Waals surface area contributed by atoms with Crippen molar-refractivity contribution < 1.29 is 14.4 Å². The second-order valence-electron chi connectivity index (χ2n) is 6.18. The Morgan fingerprint density at radius 1 is 1.30 bits per heavy atom. The second kappa shape index (κ2) is 7.74. The molecule has 0 saturated carbocycles. The Labute approximate surface area is 159 Å². The smallest absolute Gasteiger partial charge is 0.322 e. The van der Waals surface area contributed by atoms with Gasteiger partial charge in [0.05, 0.1) is 12.3 Å². The highest BCUT2D eigenvalue weighted by Gasteiger charge is 2.47. The number of nitrogens with zero attached hydrogens (tertiary/aromatic N) is 5. The zero-order valence-corrected chi connectivity index (χ0v) is 15.7. The summed E-state index contributed by atoms with van der Waals surface area (Å²) < 4.78 is 1.58. The Kier molecular flexibility index (Phi) is 5.40.